The first kappa shape index (κ1) is 13.0. The van der Waals surface area contributed by atoms with Crippen LogP contribution in [-0.2, 0) is 0 Å². The zero-order valence-electron chi connectivity index (χ0n) is 10.9. The van der Waals surface area contributed by atoms with E-state index in [0.717, 1.165) is 5.56 Å². The number of rotatable bonds is 2. The fourth-order valence-corrected chi connectivity index (χ4v) is 1.62. The Morgan fingerprint density at radius 2 is 1.95 bits per heavy atom. The molecule has 0 aliphatic carbocycles. The van der Waals surface area contributed by atoms with Crippen LogP contribution in [0.4, 0.5) is 4.39 Å². The molecule has 0 fully saturated rings. The van der Waals surface area contributed by atoms with Crippen molar-refractivity contribution in [1.82, 2.24) is 10.2 Å². The molecule has 0 radical (unpaired) electrons. The van der Waals surface area contributed by atoms with Crippen molar-refractivity contribution in [3.8, 4) is 17.7 Å². The number of hydrogen-bond donors (Lipinski definition) is 0. The lowest BCUT2D eigenvalue weighted by Crippen LogP contribution is -2.01. The molecule has 0 saturated carbocycles. The molecule has 0 spiro atoms. The molecule has 0 unspecified atom stereocenters. The fraction of sp³-hybridized carbons (Fsp3) is 0.214. The molecule has 19 heavy (non-hydrogen) atoms. The molecule has 0 N–H and O–H groups in total. The Balaban J connectivity index is 2.44. The highest BCUT2D eigenvalue weighted by atomic mass is 19.1. The molecule has 1 aromatic heterocycles. The van der Waals surface area contributed by atoms with Crippen molar-refractivity contribution in [1.29, 1.82) is 5.26 Å². The first-order valence-corrected chi connectivity index (χ1v) is 5.71. The van der Waals surface area contributed by atoms with E-state index in [2.05, 4.69) is 16.3 Å². The van der Waals surface area contributed by atoms with E-state index in [1.54, 1.807) is 20.8 Å². The molecular formula is C14H12FN3O. The number of aromatic nitrogens is 2. The predicted molar refractivity (Wildman–Crippen MR) is 67.4 cm³/mol. The second-order valence-corrected chi connectivity index (χ2v) is 4.21. The molecule has 0 bridgehead atoms. The maximum Gasteiger partial charge on any atom is 0.257 e. The summed E-state index contributed by atoms with van der Waals surface area (Å²) in [5.74, 6) is 0.257. The van der Waals surface area contributed by atoms with Crippen LogP contribution >= 0.6 is 0 Å². The van der Waals surface area contributed by atoms with Gasteiger partial charge in [-0.05, 0) is 50.1 Å². The molecule has 1 aromatic carbocycles. The summed E-state index contributed by atoms with van der Waals surface area (Å²) in [5.41, 5.74) is 2.38. The van der Waals surface area contributed by atoms with Crippen LogP contribution in [0, 0.1) is 37.9 Å². The van der Waals surface area contributed by atoms with Gasteiger partial charge in [0.25, 0.3) is 5.88 Å². The minimum absolute atomic E-state index is 0.139. The second kappa shape index (κ2) is 5.02. The maximum atomic E-state index is 13.0. The first-order valence-electron chi connectivity index (χ1n) is 5.71. The van der Waals surface area contributed by atoms with Gasteiger partial charge in [0.15, 0.2) is 0 Å². The third-order valence-electron chi connectivity index (χ3n) is 2.88. The van der Waals surface area contributed by atoms with E-state index in [-0.39, 0.29) is 11.7 Å². The first-order chi connectivity index (χ1) is 9.02. The van der Waals surface area contributed by atoms with E-state index in [0.29, 0.717) is 22.6 Å². The van der Waals surface area contributed by atoms with E-state index < -0.39 is 0 Å². The molecule has 0 saturated heterocycles. The minimum atomic E-state index is -0.337. The van der Waals surface area contributed by atoms with Crippen LogP contribution in [0.25, 0.3) is 0 Å². The number of nitriles is 1. The lowest BCUT2D eigenvalue weighted by atomic mass is 10.1. The normalized spacial score (nSPS) is 10.1. The number of hydrogen-bond acceptors (Lipinski definition) is 4. The average molecular weight is 257 g/mol. The molecule has 0 aliphatic heterocycles. The van der Waals surface area contributed by atoms with E-state index >= 15 is 0 Å². The molecular weight excluding hydrogens is 245 g/mol. The van der Waals surface area contributed by atoms with Gasteiger partial charge >= 0.3 is 0 Å². The van der Waals surface area contributed by atoms with Gasteiger partial charge in [0.05, 0.1) is 5.69 Å². The van der Waals surface area contributed by atoms with E-state index in [4.69, 9.17) is 10.00 Å². The number of ether oxygens (including phenoxy) is 1. The van der Waals surface area contributed by atoms with Gasteiger partial charge in [-0.1, -0.05) is 0 Å². The van der Waals surface area contributed by atoms with Crippen molar-refractivity contribution in [3.63, 3.8) is 0 Å². The Hall–Kier alpha value is -2.48. The van der Waals surface area contributed by atoms with Crippen LogP contribution in [0.2, 0.25) is 0 Å². The summed E-state index contributed by atoms with van der Waals surface area (Å²) in [4.78, 5) is 0. The summed E-state index contributed by atoms with van der Waals surface area (Å²) in [6.07, 6.45) is 0. The zero-order chi connectivity index (χ0) is 14.0. The predicted octanol–water partition coefficient (Wildman–Crippen LogP) is 3.20. The third-order valence-corrected chi connectivity index (χ3v) is 2.88. The van der Waals surface area contributed by atoms with Gasteiger partial charge in [0.2, 0.25) is 0 Å². The van der Waals surface area contributed by atoms with Crippen molar-refractivity contribution in [2.45, 2.75) is 20.8 Å². The van der Waals surface area contributed by atoms with Gasteiger partial charge < -0.3 is 4.74 Å². The minimum Gasteiger partial charge on any atom is -0.436 e. The summed E-state index contributed by atoms with van der Waals surface area (Å²) in [7, 11) is 0. The van der Waals surface area contributed by atoms with Gasteiger partial charge in [-0.15, -0.1) is 5.10 Å². The third kappa shape index (κ3) is 2.52. The lowest BCUT2D eigenvalue weighted by Gasteiger charge is -2.10. The van der Waals surface area contributed by atoms with Crippen molar-refractivity contribution >= 4 is 0 Å². The Morgan fingerprint density at radius 1 is 1.21 bits per heavy atom. The number of benzene rings is 1. The van der Waals surface area contributed by atoms with E-state index in [1.165, 1.54) is 18.2 Å². The van der Waals surface area contributed by atoms with Crippen molar-refractivity contribution in [3.05, 3.63) is 46.4 Å². The molecule has 5 heteroatoms. The number of aryl methyl sites for hydroxylation is 2. The molecule has 2 rings (SSSR count). The highest BCUT2D eigenvalue weighted by molar-refractivity contribution is 5.47. The van der Waals surface area contributed by atoms with Crippen LogP contribution in [-0.4, -0.2) is 10.2 Å². The van der Waals surface area contributed by atoms with Gasteiger partial charge in [-0.3, -0.25) is 0 Å². The second-order valence-electron chi connectivity index (χ2n) is 4.21. The SMILES string of the molecule is Cc1cc(F)ccc1Oc1nnc(C)c(C)c1C#N. The van der Waals surface area contributed by atoms with E-state index in [9.17, 15) is 4.39 Å². The molecule has 0 aliphatic rings. The zero-order valence-corrected chi connectivity index (χ0v) is 10.9. The largest absolute Gasteiger partial charge is 0.436 e. The quantitative estimate of drug-likeness (QED) is 0.828. The molecule has 4 nitrogen and oxygen atoms in total. The molecule has 1 heterocycles. The molecule has 0 atom stereocenters. The van der Waals surface area contributed by atoms with Gasteiger partial charge in [0.1, 0.15) is 23.2 Å². The fourth-order valence-electron chi connectivity index (χ4n) is 1.62. The summed E-state index contributed by atoms with van der Waals surface area (Å²) < 4.78 is 18.6. The van der Waals surface area contributed by atoms with Crippen LogP contribution in [0.15, 0.2) is 18.2 Å². The topological polar surface area (TPSA) is 58.8 Å². The lowest BCUT2D eigenvalue weighted by molar-refractivity contribution is 0.447. The summed E-state index contributed by atoms with van der Waals surface area (Å²) >= 11 is 0. The van der Waals surface area contributed by atoms with Crippen molar-refractivity contribution < 1.29 is 9.13 Å². The molecule has 0 amide bonds. The van der Waals surface area contributed by atoms with Crippen LogP contribution in [0.1, 0.15) is 22.4 Å². The average Bonchev–Trinajstić information content (AvgIpc) is 2.37. The highest BCUT2D eigenvalue weighted by Crippen LogP contribution is 2.27. The maximum absolute atomic E-state index is 13.0. The van der Waals surface area contributed by atoms with Gasteiger partial charge in [-0.25, -0.2) is 4.39 Å². The Labute approximate surface area is 110 Å². The Bertz CT molecular complexity index is 677. The standard InChI is InChI=1S/C14H12FN3O/c1-8-6-11(15)4-5-13(8)19-14-12(7-16)9(2)10(3)17-18-14/h4-6H,1-3H3. The number of nitrogens with zero attached hydrogens (tertiary/aromatic N) is 3. The van der Waals surface area contributed by atoms with Crippen LogP contribution in [0.5, 0.6) is 11.6 Å². The number of halogens is 1. The smallest absolute Gasteiger partial charge is 0.257 e. The Morgan fingerprint density at radius 3 is 2.58 bits per heavy atom. The Kier molecular flexibility index (Phi) is 3.43. The van der Waals surface area contributed by atoms with Gasteiger partial charge in [-0.2, -0.15) is 10.4 Å². The molecule has 96 valence electrons. The van der Waals surface area contributed by atoms with Crippen LogP contribution in [0.3, 0.4) is 0 Å². The summed E-state index contributed by atoms with van der Waals surface area (Å²) in [6, 6.07) is 6.21. The van der Waals surface area contributed by atoms with Crippen molar-refractivity contribution in [2.75, 3.05) is 0 Å². The highest BCUT2D eigenvalue weighted by Gasteiger charge is 2.13. The monoisotopic (exact) mass is 257 g/mol. The van der Waals surface area contributed by atoms with Gasteiger partial charge in [0, 0.05) is 0 Å². The molecule has 2 aromatic rings. The van der Waals surface area contributed by atoms with E-state index in [1.807, 2.05) is 0 Å². The summed E-state index contributed by atoms with van der Waals surface area (Å²) in [5, 5.41) is 17.0. The summed E-state index contributed by atoms with van der Waals surface area (Å²) in [6.45, 7) is 5.28. The van der Waals surface area contributed by atoms with Crippen molar-refractivity contribution in [2.24, 2.45) is 0 Å². The van der Waals surface area contributed by atoms with Crippen LogP contribution < -0.4 is 4.74 Å².